The van der Waals surface area contributed by atoms with Crippen LogP contribution in [-0.4, -0.2) is 23.2 Å². The largest absolute Gasteiger partial charge is 0.322 e. The lowest BCUT2D eigenvalue weighted by molar-refractivity contribution is -0.113. The van der Waals surface area contributed by atoms with E-state index in [0.29, 0.717) is 10.9 Å². The highest BCUT2D eigenvalue weighted by Gasteiger charge is 2.26. The monoisotopic (exact) mass is 222 g/mol. The van der Waals surface area contributed by atoms with Crippen molar-refractivity contribution >= 4 is 22.5 Å². The van der Waals surface area contributed by atoms with Crippen LogP contribution in [0.2, 0.25) is 0 Å². The van der Waals surface area contributed by atoms with Crippen LogP contribution in [0.3, 0.4) is 0 Å². The van der Waals surface area contributed by atoms with E-state index in [1.54, 1.807) is 0 Å². The first-order chi connectivity index (χ1) is 7.34. The average molecular weight is 222 g/mol. The molecule has 0 bridgehead atoms. The Bertz CT molecular complexity index is 320. The van der Waals surface area contributed by atoms with Crippen molar-refractivity contribution in [3.05, 3.63) is 30.3 Å². The summed E-state index contributed by atoms with van der Waals surface area (Å²) in [5, 5.41) is 2.94. The molecule has 1 aromatic carbocycles. The lowest BCUT2D eigenvalue weighted by Crippen LogP contribution is -2.23. The van der Waals surface area contributed by atoms with Gasteiger partial charge in [-0.1, -0.05) is 18.2 Å². The zero-order chi connectivity index (χ0) is 10.5. The number of carbonyl (C=O) groups excluding carboxylic acids is 1. The number of para-hydroxylation sites is 1. The minimum Gasteiger partial charge on any atom is -0.322 e. The van der Waals surface area contributed by atoms with Crippen molar-refractivity contribution in [3.8, 4) is 0 Å². The molecular formula is C12H16NOS+. The number of hydrogen-bond acceptors (Lipinski definition) is 1. The molecule has 0 aliphatic carbocycles. The Balaban J connectivity index is 1.82. The third-order valence-electron chi connectivity index (χ3n) is 2.51. The number of anilines is 1. The van der Waals surface area contributed by atoms with Gasteiger partial charge in [0.25, 0.3) is 5.91 Å². The summed E-state index contributed by atoms with van der Waals surface area (Å²) < 4.78 is 0. The van der Waals surface area contributed by atoms with E-state index in [1.165, 1.54) is 24.3 Å². The first kappa shape index (κ1) is 10.6. The fourth-order valence-electron chi connectivity index (χ4n) is 1.76. The smallest absolute Gasteiger partial charge is 0.274 e. The second kappa shape index (κ2) is 5.21. The van der Waals surface area contributed by atoms with Gasteiger partial charge in [0.15, 0.2) is 5.75 Å². The second-order valence-corrected chi connectivity index (χ2v) is 6.12. The van der Waals surface area contributed by atoms with E-state index >= 15 is 0 Å². The third-order valence-corrected chi connectivity index (χ3v) is 4.91. The Kier molecular flexibility index (Phi) is 3.67. The number of rotatable bonds is 3. The van der Waals surface area contributed by atoms with E-state index in [-0.39, 0.29) is 5.91 Å². The lowest BCUT2D eigenvalue weighted by Gasteiger charge is -2.03. The normalized spacial score (nSPS) is 16.5. The molecule has 15 heavy (non-hydrogen) atoms. The van der Waals surface area contributed by atoms with Crippen molar-refractivity contribution in [2.24, 2.45) is 0 Å². The molecule has 1 amide bonds. The van der Waals surface area contributed by atoms with Gasteiger partial charge in [0.1, 0.15) is 11.5 Å². The van der Waals surface area contributed by atoms with Gasteiger partial charge in [-0.2, -0.15) is 0 Å². The lowest BCUT2D eigenvalue weighted by atomic mass is 10.3. The average Bonchev–Trinajstić information content (AvgIpc) is 2.71. The molecule has 1 aromatic rings. The van der Waals surface area contributed by atoms with Crippen molar-refractivity contribution in [2.75, 3.05) is 22.6 Å². The Labute approximate surface area is 93.4 Å². The van der Waals surface area contributed by atoms with Gasteiger partial charge in [-0.25, -0.2) is 0 Å². The minimum absolute atomic E-state index is 0.173. The molecule has 0 radical (unpaired) electrons. The highest BCUT2D eigenvalue weighted by atomic mass is 32.2. The molecule has 0 atom stereocenters. The molecule has 0 unspecified atom stereocenters. The van der Waals surface area contributed by atoms with E-state index in [9.17, 15) is 4.79 Å². The maximum absolute atomic E-state index is 11.7. The molecule has 1 fully saturated rings. The van der Waals surface area contributed by atoms with Crippen molar-refractivity contribution in [1.29, 1.82) is 0 Å². The predicted octanol–water partition coefficient (Wildman–Crippen LogP) is 2.04. The van der Waals surface area contributed by atoms with Crippen LogP contribution in [0.15, 0.2) is 30.3 Å². The molecule has 2 rings (SSSR count). The summed E-state index contributed by atoms with van der Waals surface area (Å²) in [7, 11) is 0.357. The number of nitrogens with one attached hydrogen (secondary N) is 1. The highest BCUT2D eigenvalue weighted by Crippen LogP contribution is 2.14. The Morgan fingerprint density at radius 3 is 2.53 bits per heavy atom. The molecule has 2 nitrogen and oxygen atoms in total. The number of hydrogen-bond donors (Lipinski definition) is 1. The van der Waals surface area contributed by atoms with E-state index in [1.807, 2.05) is 30.3 Å². The molecule has 0 spiro atoms. The van der Waals surface area contributed by atoms with Crippen molar-refractivity contribution in [2.45, 2.75) is 12.8 Å². The number of benzene rings is 1. The molecule has 1 aliphatic heterocycles. The minimum atomic E-state index is 0.173. The van der Waals surface area contributed by atoms with Crippen molar-refractivity contribution < 1.29 is 4.79 Å². The SMILES string of the molecule is O=C(C[S+]1CCCC1)Nc1ccccc1. The molecule has 3 heteroatoms. The van der Waals surface area contributed by atoms with E-state index in [2.05, 4.69) is 5.32 Å². The topological polar surface area (TPSA) is 29.1 Å². The number of carbonyl (C=O) groups is 1. The van der Waals surface area contributed by atoms with Gasteiger partial charge >= 0.3 is 0 Å². The first-order valence-corrected chi connectivity index (χ1v) is 7.07. The van der Waals surface area contributed by atoms with Gasteiger partial charge in [-0.05, 0) is 35.9 Å². The van der Waals surface area contributed by atoms with Gasteiger partial charge in [0.05, 0.1) is 0 Å². The Morgan fingerprint density at radius 1 is 1.20 bits per heavy atom. The van der Waals surface area contributed by atoms with Gasteiger partial charge in [-0.3, -0.25) is 4.79 Å². The standard InChI is InChI=1S/C12H15NOS/c14-12(10-15-8-4-5-9-15)13-11-6-2-1-3-7-11/h1-3,6-7H,4-5,8-10H2/p+1. The maximum Gasteiger partial charge on any atom is 0.274 e. The van der Waals surface area contributed by atoms with Crippen molar-refractivity contribution in [3.63, 3.8) is 0 Å². The molecule has 1 N–H and O–H groups in total. The zero-order valence-electron chi connectivity index (χ0n) is 8.74. The number of amides is 1. The Hall–Kier alpha value is -0.960. The zero-order valence-corrected chi connectivity index (χ0v) is 9.56. The fraction of sp³-hybridized carbons (Fsp3) is 0.417. The predicted molar refractivity (Wildman–Crippen MR) is 66.3 cm³/mol. The van der Waals surface area contributed by atoms with Crippen LogP contribution in [0.1, 0.15) is 12.8 Å². The van der Waals surface area contributed by atoms with E-state index < -0.39 is 0 Å². The van der Waals surface area contributed by atoms with Crippen LogP contribution in [-0.2, 0) is 15.7 Å². The molecule has 0 saturated carbocycles. The maximum atomic E-state index is 11.7. The second-order valence-electron chi connectivity index (χ2n) is 3.79. The van der Waals surface area contributed by atoms with Gasteiger partial charge in [-0.15, -0.1) is 0 Å². The summed E-state index contributed by atoms with van der Waals surface area (Å²) in [5.41, 5.74) is 0.908. The van der Waals surface area contributed by atoms with Crippen LogP contribution in [0.5, 0.6) is 0 Å². The van der Waals surface area contributed by atoms with Crippen LogP contribution in [0.4, 0.5) is 5.69 Å². The molecule has 0 aromatic heterocycles. The summed E-state index contributed by atoms with van der Waals surface area (Å²) in [5.74, 6) is 3.39. The summed E-state index contributed by atoms with van der Waals surface area (Å²) in [6.07, 6.45) is 2.61. The molecular weight excluding hydrogens is 206 g/mol. The summed E-state index contributed by atoms with van der Waals surface area (Å²) in [6.45, 7) is 0. The van der Waals surface area contributed by atoms with Crippen LogP contribution in [0, 0.1) is 0 Å². The molecule has 1 saturated heterocycles. The van der Waals surface area contributed by atoms with Gasteiger partial charge in [0.2, 0.25) is 0 Å². The van der Waals surface area contributed by atoms with Crippen LogP contribution < -0.4 is 5.32 Å². The van der Waals surface area contributed by atoms with Gasteiger partial charge in [0, 0.05) is 5.69 Å². The summed E-state index contributed by atoms with van der Waals surface area (Å²) >= 11 is 0. The summed E-state index contributed by atoms with van der Waals surface area (Å²) in [4.78, 5) is 11.7. The van der Waals surface area contributed by atoms with E-state index in [0.717, 1.165) is 11.4 Å². The van der Waals surface area contributed by atoms with Crippen LogP contribution >= 0.6 is 0 Å². The quantitative estimate of drug-likeness (QED) is 0.779. The molecule has 1 heterocycles. The van der Waals surface area contributed by atoms with E-state index in [4.69, 9.17) is 0 Å². The fourth-order valence-corrected chi connectivity index (χ4v) is 3.92. The summed E-state index contributed by atoms with van der Waals surface area (Å²) in [6, 6.07) is 9.68. The highest BCUT2D eigenvalue weighted by molar-refractivity contribution is 7.97. The first-order valence-electron chi connectivity index (χ1n) is 5.33. The van der Waals surface area contributed by atoms with Gasteiger partial charge < -0.3 is 5.32 Å². The van der Waals surface area contributed by atoms with Crippen molar-refractivity contribution in [1.82, 2.24) is 0 Å². The van der Waals surface area contributed by atoms with Crippen LogP contribution in [0.25, 0.3) is 0 Å². The molecule has 1 aliphatic rings. The molecule has 80 valence electrons. The Morgan fingerprint density at radius 2 is 1.87 bits per heavy atom. The third kappa shape index (κ3) is 3.27.